The second kappa shape index (κ2) is 9.93. The number of aliphatic hydroxyl groups is 1. The van der Waals surface area contributed by atoms with E-state index in [-0.39, 0.29) is 6.42 Å². The molecule has 2 aromatic carbocycles. The second-order valence-corrected chi connectivity index (χ2v) is 9.29. The first-order chi connectivity index (χ1) is 15.3. The lowest BCUT2D eigenvalue weighted by molar-refractivity contribution is -0.106. The van der Waals surface area contributed by atoms with E-state index in [1.165, 1.54) is 5.56 Å². The Balaban J connectivity index is 1.52. The van der Waals surface area contributed by atoms with Gasteiger partial charge in [-0.05, 0) is 47.2 Å². The van der Waals surface area contributed by atoms with Crippen molar-refractivity contribution >= 4 is 11.8 Å². The van der Waals surface area contributed by atoms with Crippen LogP contribution in [0.4, 0.5) is 13.2 Å². The number of aryl methyl sites for hydroxylation is 1. The van der Waals surface area contributed by atoms with Crippen molar-refractivity contribution < 1.29 is 32.5 Å². The number of halogens is 3. The van der Waals surface area contributed by atoms with Gasteiger partial charge in [-0.25, -0.2) is 0 Å². The third-order valence-electron chi connectivity index (χ3n) is 5.68. The smallest absolute Gasteiger partial charge is 0.397 e. The molecule has 0 saturated carbocycles. The molecule has 174 valence electrons. The summed E-state index contributed by atoms with van der Waals surface area (Å²) in [4.78, 5) is 0. The number of benzene rings is 2. The molecule has 1 fully saturated rings. The van der Waals surface area contributed by atoms with Crippen molar-refractivity contribution in [3.63, 3.8) is 0 Å². The molecule has 4 rings (SSSR count). The highest BCUT2D eigenvalue weighted by atomic mass is 32.2. The Morgan fingerprint density at radius 3 is 2.53 bits per heavy atom. The molecule has 0 radical (unpaired) electrons. The fraction of sp³-hybridized carbons (Fsp3) is 0.500. The molecular weight excluding hydrogens is 441 g/mol. The minimum absolute atomic E-state index is 0.203. The van der Waals surface area contributed by atoms with Gasteiger partial charge in [0, 0.05) is 12.8 Å². The molecule has 0 bridgehead atoms. The lowest BCUT2D eigenvalue weighted by atomic mass is 9.92. The number of fused-ring (bicyclic) bond motifs is 1. The highest BCUT2D eigenvalue weighted by molar-refractivity contribution is 7.99. The van der Waals surface area contributed by atoms with Crippen molar-refractivity contribution in [3.05, 3.63) is 58.7 Å². The van der Waals surface area contributed by atoms with Crippen molar-refractivity contribution in [1.29, 1.82) is 0 Å². The summed E-state index contributed by atoms with van der Waals surface area (Å²) in [5.41, 5.74) is 3.61. The van der Waals surface area contributed by atoms with Gasteiger partial charge in [0.15, 0.2) is 11.5 Å². The molecule has 8 heteroatoms. The summed E-state index contributed by atoms with van der Waals surface area (Å²) in [5.74, 6) is 0.504. The summed E-state index contributed by atoms with van der Waals surface area (Å²) in [7, 11) is 0. The van der Waals surface area contributed by atoms with Gasteiger partial charge in [-0.15, -0.1) is 11.8 Å². The molecule has 32 heavy (non-hydrogen) atoms. The molecule has 1 N–H and O–H groups in total. The van der Waals surface area contributed by atoms with Gasteiger partial charge in [0.05, 0.1) is 18.0 Å². The molecular formula is C24H27F3O4S. The third kappa shape index (κ3) is 5.91. The van der Waals surface area contributed by atoms with Crippen LogP contribution >= 0.6 is 11.8 Å². The van der Waals surface area contributed by atoms with Crippen LogP contribution in [0, 0.1) is 0 Å². The Morgan fingerprint density at radius 2 is 1.78 bits per heavy atom. The van der Waals surface area contributed by atoms with E-state index >= 15 is 0 Å². The van der Waals surface area contributed by atoms with Gasteiger partial charge in [0.1, 0.15) is 18.6 Å². The Hall–Kier alpha value is -1.90. The zero-order valence-corrected chi connectivity index (χ0v) is 18.7. The maximum Gasteiger partial charge on any atom is 0.397 e. The fourth-order valence-corrected chi connectivity index (χ4v) is 5.09. The number of thioether (sulfide) groups is 1. The van der Waals surface area contributed by atoms with Gasteiger partial charge in [-0.1, -0.05) is 31.2 Å². The van der Waals surface area contributed by atoms with E-state index in [4.69, 9.17) is 14.2 Å². The average Bonchev–Trinajstić information content (AvgIpc) is 2.77. The van der Waals surface area contributed by atoms with E-state index in [0.717, 1.165) is 34.6 Å². The van der Waals surface area contributed by atoms with Crippen LogP contribution in [0.2, 0.25) is 0 Å². The number of hydrogen-bond acceptors (Lipinski definition) is 5. The van der Waals surface area contributed by atoms with E-state index in [1.807, 2.05) is 30.3 Å². The summed E-state index contributed by atoms with van der Waals surface area (Å²) in [6.45, 7) is 3.16. The summed E-state index contributed by atoms with van der Waals surface area (Å²) >= 11 is 0.701. The normalized spacial score (nSPS) is 23.2. The third-order valence-corrected chi connectivity index (χ3v) is 6.85. The monoisotopic (exact) mass is 468 g/mol. The van der Waals surface area contributed by atoms with Crippen molar-refractivity contribution in [3.8, 4) is 11.5 Å². The maximum absolute atomic E-state index is 12.6. The van der Waals surface area contributed by atoms with Gasteiger partial charge >= 0.3 is 6.18 Å². The van der Waals surface area contributed by atoms with Crippen LogP contribution in [-0.2, 0) is 17.6 Å². The summed E-state index contributed by atoms with van der Waals surface area (Å²) in [5, 5.41) is 10.3. The van der Waals surface area contributed by atoms with E-state index in [2.05, 4.69) is 13.0 Å². The molecule has 3 atom stereocenters. The van der Waals surface area contributed by atoms with Crippen LogP contribution in [0.15, 0.2) is 36.4 Å². The zero-order chi connectivity index (χ0) is 22.7. The number of ether oxygens (including phenoxy) is 3. The van der Waals surface area contributed by atoms with E-state index in [9.17, 15) is 18.3 Å². The average molecular weight is 469 g/mol. The number of hydrogen-bond donors (Lipinski definition) is 1. The summed E-state index contributed by atoms with van der Waals surface area (Å²) in [6, 6.07) is 12.0. The molecule has 0 amide bonds. The first-order valence-electron chi connectivity index (χ1n) is 10.8. The summed E-state index contributed by atoms with van der Waals surface area (Å²) < 4.78 is 55.1. The second-order valence-electron chi connectivity index (χ2n) is 8.14. The minimum atomic E-state index is -4.26. The molecule has 0 spiro atoms. The zero-order valence-electron chi connectivity index (χ0n) is 17.9. The van der Waals surface area contributed by atoms with Crippen molar-refractivity contribution in [2.75, 3.05) is 19.0 Å². The number of rotatable bonds is 6. The van der Waals surface area contributed by atoms with Gasteiger partial charge in [0.2, 0.25) is 0 Å². The van der Waals surface area contributed by atoms with Crippen LogP contribution in [-0.4, -0.2) is 41.8 Å². The van der Waals surface area contributed by atoms with Crippen LogP contribution < -0.4 is 9.47 Å². The van der Waals surface area contributed by atoms with Crippen LogP contribution in [0.1, 0.15) is 48.1 Å². The predicted molar refractivity (Wildman–Crippen MR) is 117 cm³/mol. The largest absolute Gasteiger partial charge is 0.486 e. The van der Waals surface area contributed by atoms with Gasteiger partial charge in [0.25, 0.3) is 0 Å². The quantitative estimate of drug-likeness (QED) is 0.611. The van der Waals surface area contributed by atoms with Gasteiger partial charge in [-0.2, -0.15) is 13.2 Å². The lowest BCUT2D eigenvalue weighted by Gasteiger charge is -2.33. The highest BCUT2D eigenvalue weighted by Gasteiger charge is 2.34. The molecule has 2 aliphatic rings. The predicted octanol–water partition coefficient (Wildman–Crippen LogP) is 5.45. The molecule has 2 aliphatic heterocycles. The first-order valence-corrected chi connectivity index (χ1v) is 11.9. The fourth-order valence-electron chi connectivity index (χ4n) is 4.14. The molecule has 0 aromatic heterocycles. The SMILES string of the molecule is CCc1ccc(C2CC(O)CC(SCC(F)(F)F)O2)cc1Cc1ccc2c(c1)OCCO2. The number of alkyl halides is 3. The molecule has 2 aromatic rings. The standard InChI is InChI=1S/C24H27F3O4S/c1-2-16-4-5-17(21-12-19(28)13-23(31-21)32-14-24(25,26)27)11-18(16)9-15-3-6-20-22(10-15)30-8-7-29-20/h3-6,10-11,19,21,23,28H,2,7-9,12-14H2,1H3. The summed E-state index contributed by atoms with van der Waals surface area (Å²) in [6.07, 6.45) is -3.26. The maximum atomic E-state index is 12.6. The minimum Gasteiger partial charge on any atom is -0.486 e. The molecule has 4 nitrogen and oxygen atoms in total. The molecule has 1 saturated heterocycles. The number of aliphatic hydroxyl groups excluding tert-OH is 1. The van der Waals surface area contributed by atoms with Crippen LogP contribution in [0.5, 0.6) is 11.5 Å². The Kier molecular flexibility index (Phi) is 7.22. The van der Waals surface area contributed by atoms with Crippen molar-refractivity contribution in [2.24, 2.45) is 0 Å². The van der Waals surface area contributed by atoms with Crippen LogP contribution in [0.25, 0.3) is 0 Å². The van der Waals surface area contributed by atoms with E-state index in [0.29, 0.717) is 37.8 Å². The van der Waals surface area contributed by atoms with Crippen molar-refractivity contribution in [1.82, 2.24) is 0 Å². The Morgan fingerprint density at radius 1 is 1.00 bits per heavy atom. The first kappa shape index (κ1) is 23.3. The van der Waals surface area contributed by atoms with E-state index in [1.54, 1.807) is 0 Å². The highest BCUT2D eigenvalue weighted by Crippen LogP contribution is 2.38. The topological polar surface area (TPSA) is 47.9 Å². The lowest BCUT2D eigenvalue weighted by Crippen LogP contribution is -2.30. The molecule has 3 unspecified atom stereocenters. The van der Waals surface area contributed by atoms with Gasteiger partial charge < -0.3 is 19.3 Å². The Labute approximate surface area is 190 Å². The van der Waals surface area contributed by atoms with Crippen LogP contribution in [0.3, 0.4) is 0 Å². The van der Waals surface area contributed by atoms with Crippen molar-refractivity contribution in [2.45, 2.75) is 56.4 Å². The molecule has 2 heterocycles. The van der Waals surface area contributed by atoms with E-state index < -0.39 is 29.6 Å². The Bertz CT molecular complexity index is 934. The molecule has 0 aliphatic carbocycles. The van der Waals surface area contributed by atoms with Gasteiger partial charge in [-0.3, -0.25) is 0 Å².